The lowest BCUT2D eigenvalue weighted by atomic mass is 9.85. The molecule has 4 rings (SSSR count). The number of methoxy groups -OCH3 is 1. The lowest BCUT2D eigenvalue weighted by Gasteiger charge is -2.21. The van der Waals surface area contributed by atoms with Gasteiger partial charge in [0.05, 0.1) is 24.6 Å². The van der Waals surface area contributed by atoms with Crippen molar-refractivity contribution in [2.45, 2.75) is 13.8 Å². The lowest BCUT2D eigenvalue weighted by Crippen LogP contribution is -2.33. The van der Waals surface area contributed by atoms with Crippen LogP contribution in [0.3, 0.4) is 0 Å². The van der Waals surface area contributed by atoms with E-state index in [2.05, 4.69) is 26.0 Å². The summed E-state index contributed by atoms with van der Waals surface area (Å²) in [6, 6.07) is 4.98. The number of rotatable bonds is 2. The average Bonchev–Trinajstić information content (AvgIpc) is 3.17. The molecule has 3 aliphatic rings. The molecule has 2 bridgehead atoms. The Morgan fingerprint density at radius 1 is 1.08 bits per heavy atom. The number of carbonyl (C=O) groups excluding carboxylic acids is 2. The summed E-state index contributed by atoms with van der Waals surface area (Å²) >= 11 is 6.08. The molecule has 0 N–H and O–H groups in total. The summed E-state index contributed by atoms with van der Waals surface area (Å²) in [5.74, 6) is -0.360. The second kappa shape index (κ2) is 5.21. The van der Waals surface area contributed by atoms with Crippen LogP contribution in [0.1, 0.15) is 13.8 Å². The van der Waals surface area contributed by atoms with Crippen LogP contribution in [0.2, 0.25) is 5.02 Å². The highest BCUT2D eigenvalue weighted by molar-refractivity contribution is 6.31. The van der Waals surface area contributed by atoms with Crippen molar-refractivity contribution in [3.8, 4) is 5.75 Å². The minimum Gasteiger partial charge on any atom is -0.495 e. The average molecular weight is 344 g/mol. The van der Waals surface area contributed by atoms with Gasteiger partial charge in [0.25, 0.3) is 0 Å². The predicted octanol–water partition coefficient (Wildman–Crippen LogP) is 3.61. The Bertz CT molecular complexity index is 788. The Kier molecular flexibility index (Phi) is 3.36. The second-order valence-corrected chi connectivity index (χ2v) is 7.21. The van der Waals surface area contributed by atoms with E-state index < -0.39 is 0 Å². The number of hydrogen-bond donors (Lipinski definition) is 0. The van der Waals surface area contributed by atoms with E-state index in [1.54, 1.807) is 18.2 Å². The van der Waals surface area contributed by atoms with Crippen LogP contribution < -0.4 is 9.64 Å². The molecule has 1 aromatic rings. The fourth-order valence-corrected chi connectivity index (χ4v) is 4.67. The van der Waals surface area contributed by atoms with E-state index in [0.717, 1.165) is 0 Å². The molecule has 5 heteroatoms. The molecule has 2 aliphatic carbocycles. The predicted molar refractivity (Wildman–Crippen MR) is 92.0 cm³/mol. The van der Waals surface area contributed by atoms with E-state index in [1.807, 2.05) is 0 Å². The molecule has 0 aromatic heterocycles. The van der Waals surface area contributed by atoms with Crippen molar-refractivity contribution in [1.82, 2.24) is 0 Å². The van der Waals surface area contributed by atoms with Gasteiger partial charge in [0.15, 0.2) is 0 Å². The van der Waals surface area contributed by atoms with Crippen molar-refractivity contribution in [2.75, 3.05) is 12.0 Å². The summed E-state index contributed by atoms with van der Waals surface area (Å²) in [4.78, 5) is 27.4. The largest absolute Gasteiger partial charge is 0.495 e. The first-order valence-corrected chi connectivity index (χ1v) is 8.40. The maximum Gasteiger partial charge on any atom is 0.238 e. The van der Waals surface area contributed by atoms with Gasteiger partial charge in [0.1, 0.15) is 5.75 Å². The number of nitrogens with zero attached hydrogens (tertiary/aromatic N) is 1. The molecule has 0 radical (unpaired) electrons. The molecule has 1 aromatic carbocycles. The highest BCUT2D eigenvalue weighted by Crippen LogP contribution is 2.57. The fraction of sp³-hybridized carbons (Fsp3) is 0.368. The molecule has 1 saturated heterocycles. The van der Waals surface area contributed by atoms with E-state index in [1.165, 1.54) is 23.2 Å². The van der Waals surface area contributed by atoms with Gasteiger partial charge < -0.3 is 4.74 Å². The van der Waals surface area contributed by atoms with Gasteiger partial charge >= 0.3 is 0 Å². The summed E-state index contributed by atoms with van der Waals surface area (Å²) in [5.41, 5.74) is 2.88. The minimum atomic E-state index is -0.305. The third kappa shape index (κ3) is 1.86. The number of imide groups is 1. The van der Waals surface area contributed by atoms with Crippen LogP contribution >= 0.6 is 11.6 Å². The zero-order valence-corrected chi connectivity index (χ0v) is 14.5. The zero-order valence-electron chi connectivity index (χ0n) is 13.7. The molecular weight excluding hydrogens is 326 g/mol. The smallest absolute Gasteiger partial charge is 0.238 e. The normalized spacial score (nSPS) is 30.3. The maximum absolute atomic E-state index is 13.1. The van der Waals surface area contributed by atoms with Crippen LogP contribution in [0.4, 0.5) is 5.69 Å². The second-order valence-electron chi connectivity index (χ2n) is 6.77. The number of ether oxygens (including phenoxy) is 1. The molecule has 4 atom stereocenters. The standard InChI is InChI=1S/C19H18ClNO3/c1-9(2)15-11-5-6-12(15)17-16(11)18(22)21(19(17)23)13-8-10(20)4-7-14(13)24-3/h4-8,11-12,16-17H,1-3H3/t11-,12+,16-,17-/m0/s1. The number of amides is 2. The van der Waals surface area contributed by atoms with Gasteiger partial charge in [-0.05, 0) is 32.0 Å². The Morgan fingerprint density at radius 2 is 1.67 bits per heavy atom. The number of carbonyl (C=O) groups is 2. The molecule has 0 spiro atoms. The first kappa shape index (κ1) is 15.5. The van der Waals surface area contributed by atoms with Gasteiger partial charge in [0, 0.05) is 16.9 Å². The monoisotopic (exact) mass is 343 g/mol. The number of hydrogen-bond acceptors (Lipinski definition) is 3. The number of allylic oxidation sites excluding steroid dienone is 4. The van der Waals surface area contributed by atoms with Crippen LogP contribution in [0.15, 0.2) is 41.5 Å². The van der Waals surface area contributed by atoms with Crippen LogP contribution in [-0.2, 0) is 9.59 Å². The first-order valence-electron chi connectivity index (χ1n) is 8.02. The van der Waals surface area contributed by atoms with E-state index in [0.29, 0.717) is 16.5 Å². The van der Waals surface area contributed by atoms with Crippen LogP contribution in [0.25, 0.3) is 0 Å². The molecule has 2 amide bonds. The number of halogens is 1. The molecule has 4 nitrogen and oxygen atoms in total. The Hall–Kier alpha value is -2.07. The SMILES string of the molecule is COc1ccc(Cl)cc1N1C(=O)[C@@H]2[C@@H](C1=O)[C@H]1C=C[C@@H]2C1=C(C)C. The molecule has 2 fully saturated rings. The number of fused-ring (bicyclic) bond motifs is 5. The zero-order chi connectivity index (χ0) is 17.2. The highest BCUT2D eigenvalue weighted by Gasteiger charge is 2.62. The van der Waals surface area contributed by atoms with Crippen molar-refractivity contribution in [3.63, 3.8) is 0 Å². The van der Waals surface area contributed by atoms with Crippen LogP contribution in [-0.4, -0.2) is 18.9 Å². The highest BCUT2D eigenvalue weighted by atomic mass is 35.5. The minimum absolute atomic E-state index is 0.0385. The molecule has 124 valence electrons. The number of benzene rings is 1. The third-order valence-corrected chi connectivity index (χ3v) is 5.61. The third-order valence-electron chi connectivity index (χ3n) is 5.37. The Balaban J connectivity index is 1.80. The quantitative estimate of drug-likeness (QED) is 0.609. The van der Waals surface area contributed by atoms with Gasteiger partial charge in [-0.25, -0.2) is 4.90 Å². The van der Waals surface area contributed by atoms with Crippen molar-refractivity contribution in [2.24, 2.45) is 23.7 Å². The van der Waals surface area contributed by atoms with Crippen molar-refractivity contribution >= 4 is 29.1 Å². The van der Waals surface area contributed by atoms with Crippen LogP contribution in [0.5, 0.6) is 5.75 Å². The van der Waals surface area contributed by atoms with Crippen molar-refractivity contribution in [3.05, 3.63) is 46.5 Å². The van der Waals surface area contributed by atoms with Gasteiger partial charge in [-0.15, -0.1) is 0 Å². The van der Waals surface area contributed by atoms with Crippen LogP contribution in [0, 0.1) is 23.7 Å². The van der Waals surface area contributed by atoms with Gasteiger partial charge in [-0.3, -0.25) is 9.59 Å². The topological polar surface area (TPSA) is 46.6 Å². The molecule has 1 heterocycles. The Morgan fingerprint density at radius 3 is 2.17 bits per heavy atom. The van der Waals surface area contributed by atoms with Crippen molar-refractivity contribution < 1.29 is 14.3 Å². The molecule has 0 unspecified atom stereocenters. The van der Waals surface area contributed by atoms with Crippen molar-refractivity contribution in [1.29, 1.82) is 0 Å². The summed E-state index contributed by atoms with van der Waals surface area (Å²) in [6.07, 6.45) is 4.16. The van der Waals surface area contributed by atoms with E-state index in [9.17, 15) is 9.59 Å². The summed E-state index contributed by atoms with van der Waals surface area (Å²) in [5, 5.41) is 0.467. The van der Waals surface area contributed by atoms with Gasteiger partial charge in [-0.1, -0.05) is 34.9 Å². The first-order chi connectivity index (χ1) is 11.5. The lowest BCUT2D eigenvalue weighted by molar-refractivity contribution is -0.123. The van der Waals surface area contributed by atoms with Gasteiger partial charge in [0.2, 0.25) is 11.8 Å². The summed E-state index contributed by atoms with van der Waals surface area (Å²) in [6.45, 7) is 4.10. The number of anilines is 1. The molecule has 1 aliphatic heterocycles. The van der Waals surface area contributed by atoms with E-state index in [4.69, 9.17) is 16.3 Å². The fourth-order valence-electron chi connectivity index (χ4n) is 4.51. The summed E-state index contributed by atoms with van der Waals surface area (Å²) in [7, 11) is 1.52. The maximum atomic E-state index is 13.1. The van der Waals surface area contributed by atoms with E-state index >= 15 is 0 Å². The van der Waals surface area contributed by atoms with E-state index in [-0.39, 0.29) is 35.5 Å². The molecular formula is C19H18ClNO3. The summed E-state index contributed by atoms with van der Waals surface area (Å²) < 4.78 is 5.33. The Labute approximate surface area is 145 Å². The van der Waals surface area contributed by atoms with Gasteiger partial charge in [-0.2, -0.15) is 0 Å². The molecule has 1 saturated carbocycles. The molecule has 24 heavy (non-hydrogen) atoms.